The quantitative estimate of drug-likeness (QED) is 0.185. The SMILES string of the molecule is N#Cc1cccc(-c2c(-n3c4ccccc4c4c5oc6ccccc6c5ccc43)cncc2-n2c3ccccc3c3c4oc5ccccc5c4ccc32)c1. The summed E-state index contributed by atoms with van der Waals surface area (Å²) < 4.78 is 17.9. The maximum Gasteiger partial charge on any atom is 0.145 e. The van der Waals surface area contributed by atoms with Gasteiger partial charge in [-0.05, 0) is 66.2 Å². The van der Waals surface area contributed by atoms with Crippen LogP contribution >= 0.6 is 0 Å². The van der Waals surface area contributed by atoms with Gasteiger partial charge in [-0.15, -0.1) is 0 Å². The zero-order valence-corrected chi connectivity index (χ0v) is 28.6. The summed E-state index contributed by atoms with van der Waals surface area (Å²) in [6, 6.07) is 52.3. The molecule has 0 bridgehead atoms. The maximum absolute atomic E-state index is 10.1. The van der Waals surface area contributed by atoms with E-state index in [1.165, 1.54) is 0 Å². The number of furan rings is 2. The minimum Gasteiger partial charge on any atom is -0.455 e. The number of nitriles is 1. The number of aromatic nitrogens is 3. The van der Waals surface area contributed by atoms with E-state index in [0.29, 0.717) is 5.56 Å². The monoisotopic (exact) mass is 690 g/mol. The molecular formula is C48H26N4O2. The Balaban J connectivity index is 1.24. The molecule has 0 saturated carbocycles. The van der Waals surface area contributed by atoms with Gasteiger partial charge < -0.3 is 18.0 Å². The van der Waals surface area contributed by atoms with Gasteiger partial charge in [0.15, 0.2) is 0 Å². The van der Waals surface area contributed by atoms with E-state index in [0.717, 1.165) is 110 Å². The van der Waals surface area contributed by atoms with Gasteiger partial charge in [0.2, 0.25) is 0 Å². The van der Waals surface area contributed by atoms with Crippen LogP contribution in [0.25, 0.3) is 110 Å². The molecule has 12 aromatic rings. The van der Waals surface area contributed by atoms with Crippen LogP contribution in [0.2, 0.25) is 0 Å². The molecule has 0 spiro atoms. The van der Waals surface area contributed by atoms with Crippen molar-refractivity contribution in [1.82, 2.24) is 14.1 Å². The molecule has 5 aromatic heterocycles. The van der Waals surface area contributed by atoms with E-state index < -0.39 is 0 Å². The highest BCUT2D eigenvalue weighted by molar-refractivity contribution is 6.25. The lowest BCUT2D eigenvalue weighted by molar-refractivity contribution is 0.672. The van der Waals surface area contributed by atoms with Crippen LogP contribution in [0, 0.1) is 11.3 Å². The van der Waals surface area contributed by atoms with Gasteiger partial charge in [0.05, 0.1) is 68.2 Å². The Morgan fingerprint density at radius 1 is 0.463 bits per heavy atom. The summed E-state index contributed by atoms with van der Waals surface area (Å²) >= 11 is 0. The molecule has 6 nitrogen and oxygen atoms in total. The molecule has 0 atom stereocenters. The van der Waals surface area contributed by atoms with Crippen LogP contribution in [0.15, 0.2) is 167 Å². The van der Waals surface area contributed by atoms with E-state index >= 15 is 0 Å². The highest BCUT2D eigenvalue weighted by Crippen LogP contribution is 2.46. The third kappa shape index (κ3) is 3.79. The van der Waals surface area contributed by atoms with Crippen molar-refractivity contribution in [2.24, 2.45) is 0 Å². The second-order valence-electron chi connectivity index (χ2n) is 13.8. The molecule has 6 heteroatoms. The predicted molar refractivity (Wildman–Crippen MR) is 218 cm³/mol. The zero-order valence-electron chi connectivity index (χ0n) is 28.6. The molecular weight excluding hydrogens is 665 g/mol. The third-order valence-electron chi connectivity index (χ3n) is 11.0. The zero-order chi connectivity index (χ0) is 35.5. The van der Waals surface area contributed by atoms with Crippen molar-refractivity contribution in [2.75, 3.05) is 0 Å². The standard InChI is InChI=1S/C48H26N4O2/c49-25-28-10-9-11-29(24-28)44-40(51-36-16-5-1-14-34(36)45-38(51)22-20-32-30-12-3-7-18-42(30)53-47(32)45)26-50-27-41(44)52-37-17-6-2-15-35(37)46-39(52)23-21-33-31-13-4-8-19-43(31)54-48(33)46/h1-24,26-27H. The lowest BCUT2D eigenvalue weighted by Gasteiger charge is -2.19. The van der Waals surface area contributed by atoms with Crippen LogP contribution in [0.1, 0.15) is 5.56 Å². The second-order valence-corrected chi connectivity index (χ2v) is 13.8. The van der Waals surface area contributed by atoms with Crippen LogP contribution in [-0.4, -0.2) is 14.1 Å². The van der Waals surface area contributed by atoms with Gasteiger partial charge >= 0.3 is 0 Å². The van der Waals surface area contributed by atoms with Gasteiger partial charge in [0, 0.05) is 37.9 Å². The molecule has 5 heterocycles. The highest BCUT2D eigenvalue weighted by atomic mass is 16.3. The van der Waals surface area contributed by atoms with Crippen molar-refractivity contribution in [3.8, 4) is 28.6 Å². The van der Waals surface area contributed by atoms with E-state index in [4.69, 9.17) is 13.8 Å². The Morgan fingerprint density at radius 3 is 1.50 bits per heavy atom. The molecule has 0 aliphatic rings. The van der Waals surface area contributed by atoms with E-state index in [9.17, 15) is 5.26 Å². The van der Waals surface area contributed by atoms with Gasteiger partial charge in [-0.2, -0.15) is 5.26 Å². The normalized spacial score (nSPS) is 12.1. The molecule has 0 amide bonds. The van der Waals surface area contributed by atoms with Crippen molar-refractivity contribution in [1.29, 1.82) is 5.26 Å². The number of fused-ring (bicyclic) bond motifs is 14. The molecule has 0 unspecified atom stereocenters. The Bertz CT molecular complexity index is 3380. The van der Waals surface area contributed by atoms with Gasteiger partial charge in [-0.25, -0.2) is 0 Å². The molecule has 0 N–H and O–H groups in total. The van der Waals surface area contributed by atoms with Crippen LogP contribution in [-0.2, 0) is 0 Å². The highest BCUT2D eigenvalue weighted by Gasteiger charge is 2.25. The van der Waals surface area contributed by atoms with Crippen LogP contribution in [0.5, 0.6) is 0 Å². The summed E-state index contributed by atoms with van der Waals surface area (Å²) in [7, 11) is 0. The minimum absolute atomic E-state index is 0.582. The van der Waals surface area contributed by atoms with Crippen LogP contribution in [0.3, 0.4) is 0 Å². The molecule has 0 saturated heterocycles. The number of rotatable bonds is 3. The Morgan fingerprint density at radius 2 is 0.963 bits per heavy atom. The number of benzene rings is 7. The average molecular weight is 691 g/mol. The summed E-state index contributed by atoms with van der Waals surface area (Å²) in [5.41, 5.74) is 11.7. The van der Waals surface area contributed by atoms with Crippen molar-refractivity contribution in [3.05, 3.63) is 164 Å². The smallest absolute Gasteiger partial charge is 0.145 e. The summed E-state index contributed by atoms with van der Waals surface area (Å²) in [4.78, 5) is 4.99. The largest absolute Gasteiger partial charge is 0.455 e. The van der Waals surface area contributed by atoms with Crippen molar-refractivity contribution in [2.45, 2.75) is 0 Å². The molecule has 0 fully saturated rings. The summed E-state index contributed by atoms with van der Waals surface area (Å²) in [6.45, 7) is 0. The molecule has 54 heavy (non-hydrogen) atoms. The first-order chi connectivity index (χ1) is 26.8. The minimum atomic E-state index is 0.582. The third-order valence-corrected chi connectivity index (χ3v) is 11.0. The lowest BCUT2D eigenvalue weighted by atomic mass is 10.0. The number of para-hydroxylation sites is 4. The Kier molecular flexibility index (Phi) is 5.75. The molecule has 0 aliphatic carbocycles. The molecule has 0 radical (unpaired) electrons. The van der Waals surface area contributed by atoms with Gasteiger partial charge in [0.1, 0.15) is 22.3 Å². The van der Waals surface area contributed by atoms with Crippen LogP contribution in [0.4, 0.5) is 0 Å². The average Bonchev–Trinajstić information content (AvgIpc) is 3.98. The Labute approximate surface area is 306 Å². The molecule has 12 rings (SSSR count). The van der Waals surface area contributed by atoms with Gasteiger partial charge in [0.25, 0.3) is 0 Å². The fourth-order valence-electron chi connectivity index (χ4n) is 8.81. The fourth-order valence-corrected chi connectivity index (χ4v) is 8.81. The Hall–Kier alpha value is -7.62. The number of hydrogen-bond donors (Lipinski definition) is 0. The van der Waals surface area contributed by atoms with Crippen molar-refractivity contribution >= 4 is 87.5 Å². The van der Waals surface area contributed by atoms with Gasteiger partial charge in [-0.1, -0.05) is 84.9 Å². The van der Waals surface area contributed by atoms with E-state index in [2.05, 4.69) is 118 Å². The maximum atomic E-state index is 10.1. The van der Waals surface area contributed by atoms with E-state index in [1.807, 2.05) is 54.9 Å². The summed E-state index contributed by atoms with van der Waals surface area (Å²) in [5.74, 6) is 0. The fraction of sp³-hybridized carbons (Fsp3) is 0. The van der Waals surface area contributed by atoms with E-state index in [1.54, 1.807) is 0 Å². The van der Waals surface area contributed by atoms with Crippen molar-refractivity contribution in [3.63, 3.8) is 0 Å². The topological polar surface area (TPSA) is 72.8 Å². The number of hydrogen-bond acceptors (Lipinski definition) is 4. The first kappa shape index (κ1) is 29.0. The second kappa shape index (κ2) is 10.7. The summed E-state index contributed by atoms with van der Waals surface area (Å²) in [6.07, 6.45) is 3.88. The van der Waals surface area contributed by atoms with Gasteiger partial charge in [-0.3, -0.25) is 4.98 Å². The molecule has 7 aromatic carbocycles. The first-order valence-corrected chi connectivity index (χ1v) is 17.9. The first-order valence-electron chi connectivity index (χ1n) is 17.9. The number of nitrogens with zero attached hydrogens (tertiary/aromatic N) is 4. The van der Waals surface area contributed by atoms with Crippen LogP contribution < -0.4 is 0 Å². The predicted octanol–water partition coefficient (Wildman–Crippen LogP) is 12.6. The molecule has 250 valence electrons. The van der Waals surface area contributed by atoms with E-state index in [-0.39, 0.29) is 0 Å². The molecule has 0 aliphatic heterocycles. The van der Waals surface area contributed by atoms with Crippen molar-refractivity contribution < 1.29 is 8.83 Å². The summed E-state index contributed by atoms with van der Waals surface area (Å²) in [5, 5.41) is 18.7. The lowest BCUT2D eigenvalue weighted by Crippen LogP contribution is -2.05. The number of pyridine rings is 1.